The Morgan fingerprint density at radius 1 is 1.45 bits per heavy atom. The average molecular weight is 287 g/mol. The summed E-state index contributed by atoms with van der Waals surface area (Å²) in [6, 6.07) is 2.73. The Bertz CT molecular complexity index is 633. The molecule has 1 atom stereocenters. The Hall–Kier alpha value is -1.39. The summed E-state index contributed by atoms with van der Waals surface area (Å²) in [5, 5.41) is 2.21. The topological polar surface area (TPSA) is 42.2 Å². The number of fused-ring (bicyclic) bond motifs is 1. The van der Waals surface area contributed by atoms with Gasteiger partial charge in [0.2, 0.25) is 0 Å². The molecule has 0 saturated heterocycles. The van der Waals surface area contributed by atoms with Crippen LogP contribution in [0.15, 0.2) is 17.6 Å². The highest BCUT2D eigenvalue weighted by molar-refractivity contribution is 7.10. The summed E-state index contributed by atoms with van der Waals surface area (Å²) in [7, 11) is 0. The van der Waals surface area contributed by atoms with E-state index >= 15 is 0 Å². The molecule has 1 aliphatic heterocycles. The zero-order valence-corrected chi connectivity index (χ0v) is 13.1. The molecule has 0 aromatic carbocycles. The number of anilines is 1. The number of nitrogens with zero attached hydrogens (tertiary/aromatic N) is 2. The maximum absolute atomic E-state index is 6.13. The standard InChI is InChI=1S/C16H21N3S/c1-10-8-18-14(11(2)16(10)17)9-19-6-4-15-13(12(19)3)5-7-20-15/h5,7-8,12H,4,6,9H2,1-3H3,(H2,17,18). The largest absolute Gasteiger partial charge is 0.398 e. The lowest BCUT2D eigenvalue weighted by Crippen LogP contribution is -2.33. The maximum atomic E-state index is 6.13. The molecule has 106 valence electrons. The zero-order valence-electron chi connectivity index (χ0n) is 12.3. The molecule has 3 nitrogen and oxygen atoms in total. The number of aryl methyl sites for hydroxylation is 1. The molecule has 0 amide bonds. The third-order valence-electron chi connectivity index (χ3n) is 4.43. The number of nitrogens with two attached hydrogens (primary N) is 1. The normalized spacial score (nSPS) is 19.1. The van der Waals surface area contributed by atoms with Crippen molar-refractivity contribution in [1.29, 1.82) is 0 Å². The van der Waals surface area contributed by atoms with Gasteiger partial charge in [0.25, 0.3) is 0 Å². The maximum Gasteiger partial charge on any atom is 0.0593 e. The number of nitrogen functional groups attached to an aromatic ring is 1. The van der Waals surface area contributed by atoms with E-state index in [-0.39, 0.29) is 0 Å². The van der Waals surface area contributed by atoms with Gasteiger partial charge in [-0.2, -0.15) is 0 Å². The fourth-order valence-electron chi connectivity index (χ4n) is 2.92. The number of thiophene rings is 1. The molecule has 3 rings (SSSR count). The minimum atomic E-state index is 0.466. The average Bonchev–Trinajstić information content (AvgIpc) is 2.91. The summed E-state index contributed by atoms with van der Waals surface area (Å²) in [5.74, 6) is 0. The van der Waals surface area contributed by atoms with Crippen molar-refractivity contribution in [2.75, 3.05) is 12.3 Å². The van der Waals surface area contributed by atoms with E-state index in [2.05, 4.69) is 35.2 Å². The van der Waals surface area contributed by atoms with E-state index in [1.165, 1.54) is 5.56 Å². The Morgan fingerprint density at radius 3 is 3.05 bits per heavy atom. The molecule has 0 saturated carbocycles. The Balaban J connectivity index is 1.84. The van der Waals surface area contributed by atoms with Gasteiger partial charge in [-0.15, -0.1) is 11.3 Å². The van der Waals surface area contributed by atoms with Gasteiger partial charge in [0, 0.05) is 35.9 Å². The molecule has 1 unspecified atom stereocenters. The first-order valence-electron chi connectivity index (χ1n) is 7.08. The predicted molar refractivity (Wildman–Crippen MR) is 85.0 cm³/mol. The lowest BCUT2D eigenvalue weighted by Gasteiger charge is -2.33. The Kier molecular flexibility index (Phi) is 3.52. The third-order valence-corrected chi connectivity index (χ3v) is 5.43. The number of hydrogen-bond donors (Lipinski definition) is 1. The van der Waals surface area contributed by atoms with Gasteiger partial charge < -0.3 is 5.73 Å². The van der Waals surface area contributed by atoms with Gasteiger partial charge in [0.1, 0.15) is 0 Å². The van der Waals surface area contributed by atoms with Gasteiger partial charge in [-0.25, -0.2) is 0 Å². The number of aromatic nitrogens is 1. The first-order valence-corrected chi connectivity index (χ1v) is 7.96. The molecule has 0 bridgehead atoms. The molecule has 20 heavy (non-hydrogen) atoms. The van der Waals surface area contributed by atoms with Crippen LogP contribution < -0.4 is 5.73 Å². The first kappa shape index (κ1) is 13.6. The first-order chi connectivity index (χ1) is 9.58. The number of pyridine rings is 1. The van der Waals surface area contributed by atoms with Crippen LogP contribution in [0, 0.1) is 13.8 Å². The van der Waals surface area contributed by atoms with Gasteiger partial charge in [-0.3, -0.25) is 9.88 Å². The third kappa shape index (κ3) is 2.23. The van der Waals surface area contributed by atoms with E-state index in [1.807, 2.05) is 24.5 Å². The van der Waals surface area contributed by atoms with Crippen molar-refractivity contribution >= 4 is 17.0 Å². The van der Waals surface area contributed by atoms with Crippen molar-refractivity contribution in [3.8, 4) is 0 Å². The SMILES string of the molecule is Cc1cnc(CN2CCc3sccc3C2C)c(C)c1N. The van der Waals surface area contributed by atoms with E-state index in [1.54, 1.807) is 4.88 Å². The second kappa shape index (κ2) is 5.19. The van der Waals surface area contributed by atoms with Crippen molar-refractivity contribution < 1.29 is 0 Å². The fourth-order valence-corrected chi connectivity index (χ4v) is 3.88. The second-order valence-electron chi connectivity index (χ2n) is 5.62. The van der Waals surface area contributed by atoms with Gasteiger partial charge in [0.05, 0.1) is 5.69 Å². The summed E-state index contributed by atoms with van der Waals surface area (Å²) in [6.07, 6.45) is 3.04. The van der Waals surface area contributed by atoms with E-state index in [4.69, 9.17) is 5.73 Å². The van der Waals surface area contributed by atoms with Crippen LogP contribution in [0.25, 0.3) is 0 Å². The lowest BCUT2D eigenvalue weighted by atomic mass is 10.0. The molecule has 3 heterocycles. The van der Waals surface area contributed by atoms with Gasteiger partial charge >= 0.3 is 0 Å². The molecule has 1 aliphatic rings. The van der Waals surface area contributed by atoms with Crippen LogP contribution in [-0.4, -0.2) is 16.4 Å². The van der Waals surface area contributed by atoms with Crippen LogP contribution in [0.2, 0.25) is 0 Å². The summed E-state index contributed by atoms with van der Waals surface area (Å²) < 4.78 is 0. The van der Waals surface area contributed by atoms with E-state index < -0.39 is 0 Å². The smallest absolute Gasteiger partial charge is 0.0593 e. The highest BCUT2D eigenvalue weighted by Crippen LogP contribution is 2.34. The van der Waals surface area contributed by atoms with Gasteiger partial charge in [-0.05, 0) is 55.3 Å². The van der Waals surface area contributed by atoms with Crippen molar-refractivity contribution in [2.24, 2.45) is 0 Å². The van der Waals surface area contributed by atoms with Crippen molar-refractivity contribution in [3.05, 3.63) is 44.9 Å². The summed E-state index contributed by atoms with van der Waals surface area (Å²) in [6.45, 7) is 8.36. The molecule has 2 aromatic heterocycles. The van der Waals surface area contributed by atoms with Crippen LogP contribution in [0.5, 0.6) is 0 Å². The molecule has 0 spiro atoms. The molecular formula is C16H21N3S. The molecular weight excluding hydrogens is 266 g/mol. The molecule has 0 aliphatic carbocycles. The predicted octanol–water partition coefficient (Wildman–Crippen LogP) is 3.46. The quantitative estimate of drug-likeness (QED) is 0.919. The Labute approximate surface area is 124 Å². The summed E-state index contributed by atoms with van der Waals surface area (Å²) in [4.78, 5) is 8.63. The lowest BCUT2D eigenvalue weighted by molar-refractivity contribution is 0.189. The summed E-state index contributed by atoms with van der Waals surface area (Å²) in [5.41, 5.74) is 11.8. The molecule has 2 aromatic rings. The molecule has 2 N–H and O–H groups in total. The molecule has 0 fully saturated rings. The number of hydrogen-bond acceptors (Lipinski definition) is 4. The van der Waals surface area contributed by atoms with Crippen LogP contribution >= 0.6 is 11.3 Å². The van der Waals surface area contributed by atoms with E-state index in [9.17, 15) is 0 Å². The summed E-state index contributed by atoms with van der Waals surface area (Å²) >= 11 is 1.88. The van der Waals surface area contributed by atoms with Crippen molar-refractivity contribution in [1.82, 2.24) is 9.88 Å². The Morgan fingerprint density at radius 2 is 2.25 bits per heavy atom. The van der Waals surface area contributed by atoms with Crippen LogP contribution in [0.3, 0.4) is 0 Å². The van der Waals surface area contributed by atoms with Crippen LogP contribution in [0.4, 0.5) is 5.69 Å². The molecule has 0 radical (unpaired) electrons. The fraction of sp³-hybridized carbons (Fsp3) is 0.438. The minimum absolute atomic E-state index is 0.466. The van der Waals surface area contributed by atoms with Crippen molar-refractivity contribution in [3.63, 3.8) is 0 Å². The highest BCUT2D eigenvalue weighted by atomic mass is 32.1. The number of rotatable bonds is 2. The van der Waals surface area contributed by atoms with Crippen LogP contribution in [0.1, 0.15) is 40.2 Å². The van der Waals surface area contributed by atoms with Gasteiger partial charge in [0.15, 0.2) is 0 Å². The minimum Gasteiger partial charge on any atom is -0.398 e. The zero-order chi connectivity index (χ0) is 14.3. The van der Waals surface area contributed by atoms with E-state index in [0.29, 0.717) is 6.04 Å². The second-order valence-corrected chi connectivity index (χ2v) is 6.62. The monoisotopic (exact) mass is 287 g/mol. The van der Waals surface area contributed by atoms with Crippen LogP contribution in [-0.2, 0) is 13.0 Å². The van der Waals surface area contributed by atoms with Crippen molar-refractivity contribution in [2.45, 2.75) is 39.8 Å². The van der Waals surface area contributed by atoms with E-state index in [0.717, 1.165) is 42.0 Å². The molecule has 4 heteroatoms. The van der Waals surface area contributed by atoms with Gasteiger partial charge in [-0.1, -0.05) is 0 Å². The highest BCUT2D eigenvalue weighted by Gasteiger charge is 2.25.